The van der Waals surface area contributed by atoms with Crippen molar-refractivity contribution in [1.82, 2.24) is 15.5 Å². The number of benzene rings is 1. The highest BCUT2D eigenvalue weighted by Crippen LogP contribution is 2.25. The van der Waals surface area contributed by atoms with E-state index in [-0.39, 0.29) is 11.8 Å². The monoisotopic (exact) mass is 284 g/mol. The number of amides is 1. The average Bonchev–Trinajstić information content (AvgIpc) is 2.94. The van der Waals surface area contributed by atoms with Gasteiger partial charge in [0.2, 0.25) is 5.91 Å². The summed E-state index contributed by atoms with van der Waals surface area (Å²) in [7, 11) is 0. The second kappa shape index (κ2) is 6.10. The number of carbonyl (C=O) groups is 1. The molecule has 1 atom stereocenters. The molecular formula is C16H20N4O. The Kier molecular flexibility index (Phi) is 4.01. The van der Waals surface area contributed by atoms with Crippen LogP contribution in [0.3, 0.4) is 0 Å². The zero-order chi connectivity index (χ0) is 14.7. The summed E-state index contributed by atoms with van der Waals surface area (Å²) in [5.74, 6) is 0.428. The van der Waals surface area contributed by atoms with Crippen LogP contribution in [-0.2, 0) is 17.8 Å². The number of H-pyrrole nitrogens is 1. The quantitative estimate of drug-likeness (QED) is 0.806. The Balaban J connectivity index is 1.74. The molecule has 1 amide bonds. The SMILES string of the molecule is CCCc1cc(NC(=O)C2CNCc3ccccc32)n[nH]1. The summed E-state index contributed by atoms with van der Waals surface area (Å²) < 4.78 is 0. The number of rotatable bonds is 4. The highest BCUT2D eigenvalue weighted by atomic mass is 16.2. The molecule has 1 unspecified atom stereocenters. The van der Waals surface area contributed by atoms with Crippen LogP contribution in [-0.4, -0.2) is 22.6 Å². The van der Waals surface area contributed by atoms with E-state index in [1.54, 1.807) is 0 Å². The second-order valence-corrected chi connectivity index (χ2v) is 5.40. The van der Waals surface area contributed by atoms with E-state index in [0.29, 0.717) is 12.4 Å². The molecule has 0 saturated carbocycles. The van der Waals surface area contributed by atoms with Gasteiger partial charge in [-0.3, -0.25) is 9.89 Å². The van der Waals surface area contributed by atoms with Crippen molar-refractivity contribution in [3.63, 3.8) is 0 Å². The summed E-state index contributed by atoms with van der Waals surface area (Å²) >= 11 is 0. The molecule has 3 N–H and O–H groups in total. The predicted molar refractivity (Wildman–Crippen MR) is 82.1 cm³/mol. The molecule has 110 valence electrons. The van der Waals surface area contributed by atoms with Crippen molar-refractivity contribution in [2.24, 2.45) is 0 Å². The second-order valence-electron chi connectivity index (χ2n) is 5.40. The fourth-order valence-electron chi connectivity index (χ4n) is 2.77. The lowest BCUT2D eigenvalue weighted by molar-refractivity contribution is -0.117. The number of nitrogens with zero attached hydrogens (tertiary/aromatic N) is 1. The normalized spacial score (nSPS) is 17.3. The highest BCUT2D eigenvalue weighted by Gasteiger charge is 2.26. The maximum atomic E-state index is 12.5. The third-order valence-corrected chi connectivity index (χ3v) is 3.81. The third-order valence-electron chi connectivity index (χ3n) is 3.81. The lowest BCUT2D eigenvalue weighted by atomic mass is 9.90. The Morgan fingerprint density at radius 1 is 1.43 bits per heavy atom. The largest absolute Gasteiger partial charge is 0.312 e. The van der Waals surface area contributed by atoms with Crippen LogP contribution in [0.4, 0.5) is 5.82 Å². The predicted octanol–water partition coefficient (Wildman–Crippen LogP) is 2.19. The number of fused-ring (bicyclic) bond motifs is 1. The molecule has 1 aliphatic rings. The average molecular weight is 284 g/mol. The lowest BCUT2D eigenvalue weighted by Crippen LogP contribution is -2.35. The molecule has 5 nitrogen and oxygen atoms in total. The standard InChI is InChI=1S/C16H20N4O/c1-2-5-12-8-15(20-19-12)18-16(21)14-10-17-9-11-6-3-4-7-13(11)14/h3-4,6-8,14,17H,2,5,9-10H2,1H3,(H2,18,19,20,21). The van der Waals surface area contributed by atoms with Gasteiger partial charge in [-0.25, -0.2) is 0 Å². The van der Waals surface area contributed by atoms with Gasteiger partial charge in [0.1, 0.15) is 0 Å². The van der Waals surface area contributed by atoms with E-state index in [1.165, 1.54) is 5.56 Å². The third kappa shape index (κ3) is 2.97. The molecule has 0 saturated heterocycles. The summed E-state index contributed by atoms with van der Waals surface area (Å²) in [5.41, 5.74) is 3.35. The molecule has 3 rings (SSSR count). The fraction of sp³-hybridized carbons (Fsp3) is 0.375. The lowest BCUT2D eigenvalue weighted by Gasteiger charge is -2.25. The topological polar surface area (TPSA) is 69.8 Å². The van der Waals surface area contributed by atoms with E-state index < -0.39 is 0 Å². The number of aromatic nitrogens is 2. The Bertz CT molecular complexity index is 635. The van der Waals surface area contributed by atoms with Crippen LogP contribution in [0.15, 0.2) is 30.3 Å². The van der Waals surface area contributed by atoms with Crippen molar-refractivity contribution < 1.29 is 4.79 Å². The van der Waals surface area contributed by atoms with Crippen LogP contribution < -0.4 is 10.6 Å². The Morgan fingerprint density at radius 3 is 3.14 bits per heavy atom. The minimum atomic E-state index is -0.165. The summed E-state index contributed by atoms with van der Waals surface area (Å²) in [6, 6.07) is 10.00. The minimum absolute atomic E-state index is 0.0100. The molecule has 5 heteroatoms. The van der Waals surface area contributed by atoms with Gasteiger partial charge in [0.25, 0.3) is 0 Å². The van der Waals surface area contributed by atoms with Crippen LogP contribution in [0.5, 0.6) is 0 Å². The summed E-state index contributed by atoms with van der Waals surface area (Å²) in [5, 5.41) is 13.3. The van der Waals surface area contributed by atoms with E-state index in [0.717, 1.165) is 30.6 Å². The van der Waals surface area contributed by atoms with Gasteiger partial charge >= 0.3 is 0 Å². The molecule has 1 aliphatic heterocycles. The van der Waals surface area contributed by atoms with Gasteiger partial charge in [-0.05, 0) is 17.5 Å². The number of hydrogen-bond donors (Lipinski definition) is 3. The van der Waals surface area contributed by atoms with Crippen molar-refractivity contribution in [1.29, 1.82) is 0 Å². The highest BCUT2D eigenvalue weighted by molar-refractivity contribution is 5.95. The van der Waals surface area contributed by atoms with E-state index in [4.69, 9.17) is 0 Å². The molecule has 2 aromatic rings. The van der Waals surface area contributed by atoms with Crippen LogP contribution >= 0.6 is 0 Å². The van der Waals surface area contributed by atoms with Gasteiger partial charge in [-0.2, -0.15) is 5.10 Å². The Morgan fingerprint density at radius 2 is 2.29 bits per heavy atom. The van der Waals surface area contributed by atoms with Crippen LogP contribution in [0.2, 0.25) is 0 Å². The minimum Gasteiger partial charge on any atom is -0.312 e. The maximum Gasteiger partial charge on any atom is 0.234 e. The Hall–Kier alpha value is -2.14. The number of anilines is 1. The molecule has 1 aromatic heterocycles. The van der Waals surface area contributed by atoms with Crippen LogP contribution in [0.25, 0.3) is 0 Å². The zero-order valence-corrected chi connectivity index (χ0v) is 12.1. The molecule has 1 aromatic carbocycles. The molecule has 0 bridgehead atoms. The molecule has 21 heavy (non-hydrogen) atoms. The fourth-order valence-corrected chi connectivity index (χ4v) is 2.77. The van der Waals surface area contributed by atoms with Gasteiger partial charge in [0, 0.05) is 24.8 Å². The number of carbonyl (C=O) groups excluding carboxylic acids is 1. The first-order chi connectivity index (χ1) is 10.3. The van der Waals surface area contributed by atoms with Crippen LogP contribution in [0.1, 0.15) is 36.1 Å². The van der Waals surface area contributed by atoms with E-state index in [9.17, 15) is 4.79 Å². The van der Waals surface area contributed by atoms with Crippen LogP contribution in [0, 0.1) is 0 Å². The number of hydrogen-bond acceptors (Lipinski definition) is 3. The first-order valence-corrected chi connectivity index (χ1v) is 7.41. The Labute approximate surface area is 124 Å². The van der Waals surface area contributed by atoms with E-state index in [2.05, 4.69) is 33.8 Å². The molecule has 0 aliphatic carbocycles. The van der Waals surface area contributed by atoms with E-state index in [1.807, 2.05) is 24.3 Å². The maximum absolute atomic E-state index is 12.5. The van der Waals surface area contributed by atoms with E-state index >= 15 is 0 Å². The smallest absolute Gasteiger partial charge is 0.234 e. The molecule has 0 spiro atoms. The molecule has 2 heterocycles. The van der Waals surface area contributed by atoms with Crippen molar-refractivity contribution in [3.8, 4) is 0 Å². The van der Waals surface area contributed by atoms with Gasteiger partial charge in [0.15, 0.2) is 5.82 Å². The first kappa shape index (κ1) is 13.8. The van der Waals surface area contributed by atoms with Crippen molar-refractivity contribution in [2.75, 3.05) is 11.9 Å². The van der Waals surface area contributed by atoms with Crippen molar-refractivity contribution >= 4 is 11.7 Å². The van der Waals surface area contributed by atoms with Gasteiger partial charge in [-0.15, -0.1) is 0 Å². The summed E-state index contributed by atoms with van der Waals surface area (Å²) in [6.07, 6.45) is 1.99. The molecule has 0 fully saturated rings. The zero-order valence-electron chi connectivity index (χ0n) is 12.1. The molecular weight excluding hydrogens is 264 g/mol. The summed E-state index contributed by atoms with van der Waals surface area (Å²) in [6.45, 7) is 3.60. The van der Waals surface area contributed by atoms with Gasteiger partial charge in [0.05, 0.1) is 5.92 Å². The van der Waals surface area contributed by atoms with Gasteiger partial charge < -0.3 is 10.6 Å². The van der Waals surface area contributed by atoms with Crippen molar-refractivity contribution in [2.45, 2.75) is 32.2 Å². The first-order valence-electron chi connectivity index (χ1n) is 7.41. The number of nitrogens with one attached hydrogen (secondary N) is 3. The van der Waals surface area contributed by atoms with Gasteiger partial charge in [-0.1, -0.05) is 37.6 Å². The summed E-state index contributed by atoms with van der Waals surface area (Å²) in [4.78, 5) is 12.5. The number of aryl methyl sites for hydroxylation is 1. The molecule has 0 radical (unpaired) electrons. The number of aromatic amines is 1. The van der Waals surface area contributed by atoms with Crippen molar-refractivity contribution in [3.05, 3.63) is 47.2 Å².